The Morgan fingerprint density at radius 1 is 1.54 bits per heavy atom. The Morgan fingerprint density at radius 3 is 3.00 bits per heavy atom. The summed E-state index contributed by atoms with van der Waals surface area (Å²) in [5.41, 5.74) is 0. The second-order valence-electron chi connectivity index (χ2n) is 4.03. The maximum absolute atomic E-state index is 5.62. The Kier molecular flexibility index (Phi) is 5.40. The van der Waals surface area contributed by atoms with Crippen LogP contribution in [-0.4, -0.2) is 25.3 Å². The van der Waals surface area contributed by atoms with Crippen molar-refractivity contribution in [1.82, 2.24) is 5.32 Å². The molecule has 0 aromatic carbocycles. The minimum absolute atomic E-state index is 0.441. The SMILES string of the molecule is CCC(C)OCCCC1CCCN1. The molecule has 2 atom stereocenters. The molecule has 0 spiro atoms. The lowest BCUT2D eigenvalue weighted by Gasteiger charge is -2.12. The molecule has 0 aromatic rings. The summed E-state index contributed by atoms with van der Waals surface area (Å²) < 4.78 is 5.62. The van der Waals surface area contributed by atoms with Crippen molar-refractivity contribution in [2.75, 3.05) is 13.2 Å². The van der Waals surface area contributed by atoms with E-state index in [1.54, 1.807) is 0 Å². The van der Waals surface area contributed by atoms with Gasteiger partial charge in [0.05, 0.1) is 6.10 Å². The van der Waals surface area contributed by atoms with Gasteiger partial charge in [0, 0.05) is 12.6 Å². The zero-order chi connectivity index (χ0) is 9.52. The predicted octanol–water partition coefficient (Wildman–Crippen LogP) is 2.33. The molecule has 2 unspecified atom stereocenters. The average Bonchev–Trinajstić information content (AvgIpc) is 2.64. The average molecular weight is 185 g/mol. The van der Waals surface area contributed by atoms with Gasteiger partial charge in [0.1, 0.15) is 0 Å². The number of ether oxygens (including phenoxy) is 1. The molecule has 0 amide bonds. The molecule has 1 heterocycles. The van der Waals surface area contributed by atoms with E-state index in [-0.39, 0.29) is 0 Å². The molecule has 1 N–H and O–H groups in total. The van der Waals surface area contributed by atoms with E-state index in [1.165, 1.54) is 32.2 Å². The van der Waals surface area contributed by atoms with Gasteiger partial charge in [0.15, 0.2) is 0 Å². The van der Waals surface area contributed by atoms with Gasteiger partial charge >= 0.3 is 0 Å². The van der Waals surface area contributed by atoms with Crippen LogP contribution >= 0.6 is 0 Å². The monoisotopic (exact) mass is 185 g/mol. The Hall–Kier alpha value is -0.0800. The fourth-order valence-corrected chi connectivity index (χ4v) is 1.74. The van der Waals surface area contributed by atoms with Gasteiger partial charge in [-0.15, -0.1) is 0 Å². The van der Waals surface area contributed by atoms with Crippen LogP contribution in [0.4, 0.5) is 0 Å². The molecule has 1 aliphatic rings. The molecule has 1 fully saturated rings. The van der Waals surface area contributed by atoms with E-state index >= 15 is 0 Å². The van der Waals surface area contributed by atoms with Crippen molar-refractivity contribution < 1.29 is 4.74 Å². The Balaban J connectivity index is 1.88. The standard InChI is InChI=1S/C11H23NO/c1-3-10(2)13-9-5-7-11-6-4-8-12-11/h10-12H,3-9H2,1-2H3. The van der Waals surface area contributed by atoms with Gasteiger partial charge in [0.2, 0.25) is 0 Å². The van der Waals surface area contributed by atoms with Crippen LogP contribution in [0.25, 0.3) is 0 Å². The molecule has 1 rings (SSSR count). The molecule has 0 aliphatic carbocycles. The van der Waals surface area contributed by atoms with Crippen molar-refractivity contribution in [3.05, 3.63) is 0 Å². The smallest absolute Gasteiger partial charge is 0.0544 e. The molecular weight excluding hydrogens is 162 g/mol. The second kappa shape index (κ2) is 6.39. The molecule has 13 heavy (non-hydrogen) atoms. The third kappa shape index (κ3) is 4.63. The second-order valence-corrected chi connectivity index (χ2v) is 4.03. The lowest BCUT2D eigenvalue weighted by atomic mass is 10.1. The fourth-order valence-electron chi connectivity index (χ4n) is 1.74. The van der Waals surface area contributed by atoms with Crippen LogP contribution < -0.4 is 5.32 Å². The summed E-state index contributed by atoms with van der Waals surface area (Å²) in [6, 6.07) is 0.778. The summed E-state index contributed by atoms with van der Waals surface area (Å²) in [6.45, 7) is 6.47. The predicted molar refractivity (Wildman–Crippen MR) is 56.0 cm³/mol. The Labute approximate surface area is 82.0 Å². The van der Waals surface area contributed by atoms with Crippen LogP contribution in [0, 0.1) is 0 Å². The molecule has 0 aromatic heterocycles. The number of hydrogen-bond donors (Lipinski definition) is 1. The highest BCUT2D eigenvalue weighted by Gasteiger charge is 2.12. The maximum Gasteiger partial charge on any atom is 0.0544 e. The highest BCUT2D eigenvalue weighted by molar-refractivity contribution is 4.73. The summed E-state index contributed by atoms with van der Waals surface area (Å²) in [7, 11) is 0. The van der Waals surface area contributed by atoms with E-state index in [2.05, 4.69) is 19.2 Å². The third-order valence-corrected chi connectivity index (χ3v) is 2.84. The molecular formula is C11H23NO. The molecule has 1 aliphatic heterocycles. The number of hydrogen-bond acceptors (Lipinski definition) is 2. The molecule has 78 valence electrons. The van der Waals surface area contributed by atoms with E-state index in [1.807, 2.05) is 0 Å². The molecule has 1 saturated heterocycles. The molecule has 2 heteroatoms. The van der Waals surface area contributed by atoms with Crippen molar-refractivity contribution in [3.63, 3.8) is 0 Å². The van der Waals surface area contributed by atoms with Gasteiger partial charge in [-0.1, -0.05) is 6.92 Å². The molecule has 2 nitrogen and oxygen atoms in total. The lowest BCUT2D eigenvalue weighted by Crippen LogP contribution is -2.21. The first-order valence-corrected chi connectivity index (χ1v) is 5.68. The van der Waals surface area contributed by atoms with Crippen LogP contribution in [0.5, 0.6) is 0 Å². The number of rotatable bonds is 6. The van der Waals surface area contributed by atoms with Crippen LogP contribution in [0.15, 0.2) is 0 Å². The topological polar surface area (TPSA) is 21.3 Å². The summed E-state index contributed by atoms with van der Waals surface area (Å²) in [5, 5.41) is 3.50. The largest absolute Gasteiger partial charge is 0.379 e. The van der Waals surface area contributed by atoms with Gasteiger partial charge < -0.3 is 10.1 Å². The maximum atomic E-state index is 5.62. The summed E-state index contributed by atoms with van der Waals surface area (Å²) in [6.07, 6.45) is 6.79. The van der Waals surface area contributed by atoms with Gasteiger partial charge in [-0.25, -0.2) is 0 Å². The van der Waals surface area contributed by atoms with Crippen LogP contribution in [-0.2, 0) is 4.74 Å². The minimum Gasteiger partial charge on any atom is -0.379 e. The summed E-state index contributed by atoms with van der Waals surface area (Å²) in [5.74, 6) is 0. The van der Waals surface area contributed by atoms with E-state index in [9.17, 15) is 0 Å². The van der Waals surface area contributed by atoms with Crippen molar-refractivity contribution in [2.45, 2.75) is 58.1 Å². The van der Waals surface area contributed by atoms with Gasteiger partial charge in [0.25, 0.3) is 0 Å². The van der Waals surface area contributed by atoms with E-state index in [4.69, 9.17) is 4.74 Å². The fraction of sp³-hybridized carbons (Fsp3) is 1.00. The minimum atomic E-state index is 0.441. The quantitative estimate of drug-likeness (QED) is 0.641. The van der Waals surface area contributed by atoms with Crippen molar-refractivity contribution in [3.8, 4) is 0 Å². The third-order valence-electron chi connectivity index (χ3n) is 2.84. The normalized spacial score (nSPS) is 24.9. The first-order chi connectivity index (χ1) is 6.33. The molecule has 0 bridgehead atoms. The Bertz CT molecular complexity index is 121. The Morgan fingerprint density at radius 2 is 2.38 bits per heavy atom. The first kappa shape index (κ1) is 11.0. The van der Waals surface area contributed by atoms with Crippen LogP contribution in [0.1, 0.15) is 46.0 Å². The zero-order valence-electron chi connectivity index (χ0n) is 9.01. The van der Waals surface area contributed by atoms with Crippen LogP contribution in [0.2, 0.25) is 0 Å². The first-order valence-electron chi connectivity index (χ1n) is 5.68. The van der Waals surface area contributed by atoms with Crippen molar-refractivity contribution >= 4 is 0 Å². The summed E-state index contributed by atoms with van der Waals surface area (Å²) >= 11 is 0. The van der Waals surface area contributed by atoms with E-state index < -0.39 is 0 Å². The van der Waals surface area contributed by atoms with Crippen LogP contribution in [0.3, 0.4) is 0 Å². The summed E-state index contributed by atoms with van der Waals surface area (Å²) in [4.78, 5) is 0. The van der Waals surface area contributed by atoms with Gasteiger partial charge in [-0.3, -0.25) is 0 Å². The van der Waals surface area contributed by atoms with Crippen molar-refractivity contribution in [1.29, 1.82) is 0 Å². The van der Waals surface area contributed by atoms with Crippen molar-refractivity contribution in [2.24, 2.45) is 0 Å². The van der Waals surface area contributed by atoms with Gasteiger partial charge in [-0.2, -0.15) is 0 Å². The molecule has 0 radical (unpaired) electrons. The lowest BCUT2D eigenvalue weighted by molar-refractivity contribution is 0.0600. The zero-order valence-corrected chi connectivity index (χ0v) is 9.01. The van der Waals surface area contributed by atoms with Gasteiger partial charge in [-0.05, 0) is 45.6 Å². The van der Waals surface area contributed by atoms with E-state index in [0.717, 1.165) is 19.1 Å². The number of nitrogens with one attached hydrogen (secondary N) is 1. The van der Waals surface area contributed by atoms with E-state index in [0.29, 0.717) is 6.10 Å². The highest BCUT2D eigenvalue weighted by Crippen LogP contribution is 2.10. The highest BCUT2D eigenvalue weighted by atomic mass is 16.5. The molecule has 0 saturated carbocycles.